The minimum atomic E-state index is 0.0804. The zero-order chi connectivity index (χ0) is 9.42. The standard InChI is InChI=1S/C10H12N2O/c1-7-3-5-11-10-9(7)4-6-12(10)8(2)13/h3,5H,4,6H2,1-2H3. The Balaban J connectivity index is 2.49. The average molecular weight is 176 g/mol. The van der Waals surface area contributed by atoms with Crippen LogP contribution in [0.15, 0.2) is 12.3 Å². The van der Waals surface area contributed by atoms with E-state index in [1.807, 2.05) is 6.07 Å². The van der Waals surface area contributed by atoms with Crippen LogP contribution < -0.4 is 4.90 Å². The van der Waals surface area contributed by atoms with Crippen LogP contribution in [0.25, 0.3) is 0 Å². The summed E-state index contributed by atoms with van der Waals surface area (Å²) >= 11 is 0. The molecular formula is C10H12N2O. The minimum Gasteiger partial charge on any atom is -0.297 e. The highest BCUT2D eigenvalue weighted by Gasteiger charge is 2.24. The van der Waals surface area contributed by atoms with E-state index in [0.717, 1.165) is 18.8 Å². The maximum absolute atomic E-state index is 11.2. The summed E-state index contributed by atoms with van der Waals surface area (Å²) in [6, 6.07) is 1.99. The number of aromatic nitrogens is 1. The van der Waals surface area contributed by atoms with Crippen LogP contribution in [0, 0.1) is 6.92 Å². The predicted octanol–water partition coefficient (Wildman–Crippen LogP) is 1.30. The van der Waals surface area contributed by atoms with Crippen LogP contribution >= 0.6 is 0 Å². The molecule has 1 aliphatic rings. The van der Waals surface area contributed by atoms with Crippen LogP contribution in [0.4, 0.5) is 5.82 Å². The van der Waals surface area contributed by atoms with Crippen LogP contribution in [0.3, 0.4) is 0 Å². The van der Waals surface area contributed by atoms with Gasteiger partial charge in [0.05, 0.1) is 0 Å². The highest BCUT2D eigenvalue weighted by molar-refractivity contribution is 5.92. The largest absolute Gasteiger partial charge is 0.297 e. The van der Waals surface area contributed by atoms with Crippen LogP contribution in [0.5, 0.6) is 0 Å². The number of amides is 1. The van der Waals surface area contributed by atoms with Gasteiger partial charge in [-0.3, -0.25) is 9.69 Å². The molecule has 0 saturated heterocycles. The summed E-state index contributed by atoms with van der Waals surface area (Å²) in [7, 11) is 0. The van der Waals surface area contributed by atoms with Gasteiger partial charge in [0, 0.05) is 19.7 Å². The Morgan fingerprint density at radius 1 is 1.62 bits per heavy atom. The van der Waals surface area contributed by atoms with E-state index >= 15 is 0 Å². The molecule has 0 bridgehead atoms. The normalized spacial score (nSPS) is 14.5. The third kappa shape index (κ3) is 1.20. The monoisotopic (exact) mass is 176 g/mol. The SMILES string of the molecule is CC(=O)N1CCc2c(C)ccnc21. The van der Waals surface area contributed by atoms with Gasteiger partial charge >= 0.3 is 0 Å². The van der Waals surface area contributed by atoms with Gasteiger partial charge in [0.1, 0.15) is 5.82 Å². The first-order valence-corrected chi connectivity index (χ1v) is 4.42. The zero-order valence-electron chi connectivity index (χ0n) is 7.87. The van der Waals surface area contributed by atoms with Gasteiger partial charge in [-0.2, -0.15) is 0 Å². The second-order valence-corrected chi connectivity index (χ2v) is 3.35. The van der Waals surface area contributed by atoms with Gasteiger partial charge in [-0.1, -0.05) is 0 Å². The van der Waals surface area contributed by atoms with Gasteiger partial charge in [-0.25, -0.2) is 4.98 Å². The minimum absolute atomic E-state index is 0.0804. The van der Waals surface area contributed by atoms with E-state index in [9.17, 15) is 4.79 Å². The summed E-state index contributed by atoms with van der Waals surface area (Å²) in [6.07, 6.45) is 2.70. The number of nitrogens with zero attached hydrogens (tertiary/aromatic N) is 2. The average Bonchev–Trinajstić information content (AvgIpc) is 2.48. The lowest BCUT2D eigenvalue weighted by Gasteiger charge is -2.13. The molecule has 0 atom stereocenters. The highest BCUT2D eigenvalue weighted by Crippen LogP contribution is 2.27. The predicted molar refractivity (Wildman–Crippen MR) is 50.7 cm³/mol. The van der Waals surface area contributed by atoms with Crippen molar-refractivity contribution in [2.24, 2.45) is 0 Å². The third-order valence-corrected chi connectivity index (χ3v) is 2.49. The summed E-state index contributed by atoms with van der Waals surface area (Å²) in [4.78, 5) is 17.2. The van der Waals surface area contributed by atoms with Crippen LogP contribution in [-0.2, 0) is 11.2 Å². The summed E-state index contributed by atoms with van der Waals surface area (Å²) < 4.78 is 0. The van der Waals surface area contributed by atoms with Gasteiger partial charge in [-0.15, -0.1) is 0 Å². The van der Waals surface area contributed by atoms with Crippen molar-refractivity contribution in [3.05, 3.63) is 23.4 Å². The fourth-order valence-corrected chi connectivity index (χ4v) is 1.75. The molecule has 1 aromatic heterocycles. The molecule has 3 nitrogen and oxygen atoms in total. The third-order valence-electron chi connectivity index (χ3n) is 2.49. The Labute approximate surface area is 77.4 Å². The van der Waals surface area contributed by atoms with Crippen molar-refractivity contribution in [1.29, 1.82) is 0 Å². The van der Waals surface area contributed by atoms with Crippen molar-refractivity contribution in [1.82, 2.24) is 4.98 Å². The lowest BCUT2D eigenvalue weighted by Crippen LogP contribution is -2.26. The zero-order valence-corrected chi connectivity index (χ0v) is 7.87. The Bertz CT molecular complexity index is 360. The molecule has 3 heteroatoms. The van der Waals surface area contributed by atoms with Gasteiger partial charge in [0.2, 0.25) is 5.91 Å². The molecule has 0 radical (unpaired) electrons. The van der Waals surface area contributed by atoms with Gasteiger partial charge in [0.15, 0.2) is 0 Å². The molecule has 0 aromatic carbocycles. The molecule has 13 heavy (non-hydrogen) atoms. The van der Waals surface area contributed by atoms with E-state index in [1.54, 1.807) is 18.0 Å². The Kier molecular flexibility index (Phi) is 1.79. The van der Waals surface area contributed by atoms with E-state index < -0.39 is 0 Å². The summed E-state index contributed by atoms with van der Waals surface area (Å²) in [6.45, 7) is 4.42. The molecular weight excluding hydrogens is 164 g/mol. The van der Waals surface area contributed by atoms with E-state index in [0.29, 0.717) is 0 Å². The van der Waals surface area contributed by atoms with Crippen molar-refractivity contribution in [2.45, 2.75) is 20.3 Å². The molecule has 1 aromatic rings. The number of carbonyl (C=O) groups is 1. The van der Waals surface area contributed by atoms with Crippen LogP contribution in [-0.4, -0.2) is 17.4 Å². The Hall–Kier alpha value is -1.38. The van der Waals surface area contributed by atoms with E-state index in [1.165, 1.54) is 11.1 Å². The lowest BCUT2D eigenvalue weighted by molar-refractivity contribution is -0.116. The smallest absolute Gasteiger partial charge is 0.225 e. The fraction of sp³-hybridized carbons (Fsp3) is 0.400. The lowest BCUT2D eigenvalue weighted by atomic mass is 10.1. The number of rotatable bonds is 0. The molecule has 0 N–H and O–H groups in total. The van der Waals surface area contributed by atoms with Crippen molar-refractivity contribution in [2.75, 3.05) is 11.4 Å². The number of hydrogen-bond donors (Lipinski definition) is 0. The number of fused-ring (bicyclic) bond motifs is 1. The summed E-state index contributed by atoms with van der Waals surface area (Å²) in [5.41, 5.74) is 2.45. The number of aryl methyl sites for hydroxylation is 1. The molecule has 0 fully saturated rings. The molecule has 2 heterocycles. The molecule has 1 amide bonds. The van der Waals surface area contributed by atoms with Crippen LogP contribution in [0.1, 0.15) is 18.1 Å². The summed E-state index contributed by atoms with van der Waals surface area (Å²) in [5, 5.41) is 0. The van der Waals surface area contributed by atoms with E-state index in [4.69, 9.17) is 0 Å². The van der Waals surface area contributed by atoms with Gasteiger partial charge in [0.25, 0.3) is 0 Å². The van der Waals surface area contributed by atoms with Crippen molar-refractivity contribution in [3.63, 3.8) is 0 Å². The Morgan fingerprint density at radius 3 is 3.08 bits per heavy atom. The first-order chi connectivity index (χ1) is 6.20. The molecule has 0 saturated carbocycles. The second kappa shape index (κ2) is 2.83. The fourth-order valence-electron chi connectivity index (χ4n) is 1.75. The highest BCUT2D eigenvalue weighted by atomic mass is 16.2. The summed E-state index contributed by atoms with van der Waals surface area (Å²) in [5.74, 6) is 0.935. The first-order valence-electron chi connectivity index (χ1n) is 4.42. The maximum atomic E-state index is 11.2. The number of pyridine rings is 1. The van der Waals surface area contributed by atoms with Crippen molar-refractivity contribution in [3.8, 4) is 0 Å². The number of anilines is 1. The van der Waals surface area contributed by atoms with Gasteiger partial charge < -0.3 is 0 Å². The van der Waals surface area contributed by atoms with E-state index in [2.05, 4.69) is 11.9 Å². The van der Waals surface area contributed by atoms with Gasteiger partial charge in [-0.05, 0) is 30.5 Å². The first kappa shape index (κ1) is 8.23. The van der Waals surface area contributed by atoms with Crippen molar-refractivity contribution < 1.29 is 4.79 Å². The molecule has 0 spiro atoms. The topological polar surface area (TPSA) is 33.2 Å². The molecule has 68 valence electrons. The molecule has 0 aliphatic carbocycles. The quantitative estimate of drug-likeness (QED) is 0.597. The second-order valence-electron chi connectivity index (χ2n) is 3.35. The van der Waals surface area contributed by atoms with Crippen molar-refractivity contribution >= 4 is 11.7 Å². The molecule has 1 aliphatic heterocycles. The number of carbonyl (C=O) groups excluding carboxylic acids is 1. The Morgan fingerprint density at radius 2 is 2.38 bits per heavy atom. The number of hydrogen-bond acceptors (Lipinski definition) is 2. The van der Waals surface area contributed by atoms with Crippen LogP contribution in [0.2, 0.25) is 0 Å². The van der Waals surface area contributed by atoms with E-state index in [-0.39, 0.29) is 5.91 Å². The molecule has 0 unspecified atom stereocenters. The molecule has 2 rings (SSSR count). The maximum Gasteiger partial charge on any atom is 0.225 e.